The van der Waals surface area contributed by atoms with Crippen LogP contribution in [0.3, 0.4) is 0 Å². The van der Waals surface area contributed by atoms with E-state index < -0.39 is 12.1 Å². The van der Waals surface area contributed by atoms with E-state index in [4.69, 9.17) is 57.9 Å². The summed E-state index contributed by atoms with van der Waals surface area (Å²) in [5.41, 5.74) is 1.41. The molecule has 343 valence electrons. The molecule has 2 aliphatic heterocycles. The van der Waals surface area contributed by atoms with Crippen LogP contribution < -0.4 is 76.5 Å². The van der Waals surface area contributed by atoms with Crippen molar-refractivity contribution in [2.45, 2.75) is 38.8 Å². The van der Waals surface area contributed by atoms with Gasteiger partial charge in [0.2, 0.25) is 0 Å². The number of likely N-dealkylation sites (tertiary alicyclic amines) is 1. The second kappa shape index (κ2) is 40.2. The molecular weight excluding hydrogens is 1010 g/mol. The number of piperidine rings is 2. The van der Waals surface area contributed by atoms with Crippen molar-refractivity contribution < 1.29 is 114 Å². The van der Waals surface area contributed by atoms with Crippen molar-refractivity contribution in [2.75, 3.05) is 51.3 Å². The number of benzene rings is 4. The van der Waals surface area contributed by atoms with Crippen LogP contribution >= 0.6 is 39.1 Å². The van der Waals surface area contributed by atoms with Crippen LogP contribution in [0.4, 0.5) is 13.2 Å². The van der Waals surface area contributed by atoms with Crippen molar-refractivity contribution in [3.63, 3.8) is 0 Å². The molecule has 6 rings (SSSR count). The predicted octanol–water partition coefficient (Wildman–Crippen LogP) is 3.16. The molecule has 2 N–H and O–H groups in total. The van der Waals surface area contributed by atoms with Gasteiger partial charge in [-0.05, 0) is 105 Å². The van der Waals surface area contributed by atoms with Gasteiger partial charge in [0.15, 0.2) is 11.6 Å². The van der Waals surface area contributed by atoms with Crippen LogP contribution in [0.25, 0.3) is 0 Å². The largest absolute Gasteiger partial charge is 1.00 e. The molecule has 20 heteroatoms. The van der Waals surface area contributed by atoms with Crippen molar-refractivity contribution in [1.29, 1.82) is 5.26 Å². The van der Waals surface area contributed by atoms with Gasteiger partial charge in [0.1, 0.15) is 17.5 Å². The summed E-state index contributed by atoms with van der Waals surface area (Å²) in [7, 11) is 0. The van der Waals surface area contributed by atoms with Gasteiger partial charge >= 0.3 is 57.6 Å². The molecular formula is C45H50BrCl2F3K2N3O9. The molecule has 0 amide bonds. The first-order valence-electron chi connectivity index (χ1n) is 19.5. The van der Waals surface area contributed by atoms with E-state index in [1.165, 1.54) is 32.9 Å². The van der Waals surface area contributed by atoms with E-state index in [1.54, 1.807) is 54.6 Å². The number of halogens is 6. The number of alkyl halides is 4. The maximum atomic E-state index is 12.4. The molecule has 0 bridgehead atoms. The number of hydrogen-bond donors (Lipinski definition) is 1. The zero-order valence-corrected chi connectivity index (χ0v) is 45.9. The average Bonchev–Trinajstić information content (AvgIpc) is 3.29. The molecule has 65 heavy (non-hydrogen) atoms. The van der Waals surface area contributed by atoms with Crippen LogP contribution in [0.2, 0.25) is 10.0 Å². The molecule has 2 unspecified atom stereocenters. The first kappa shape index (κ1) is 65.3. The van der Waals surface area contributed by atoms with Gasteiger partial charge in [-0.25, -0.2) is 0 Å². The monoisotopic (exact) mass is 1060 g/mol. The Kier molecular flexibility index (Phi) is 40.4. The number of rotatable bonds is 12. The fraction of sp³-hybridized carbons (Fsp3) is 0.356. The third-order valence-corrected chi connectivity index (χ3v) is 9.69. The smallest absolute Gasteiger partial charge is 0.662 e. The van der Waals surface area contributed by atoms with E-state index in [1.807, 2.05) is 60.7 Å². The van der Waals surface area contributed by atoms with Gasteiger partial charge in [0, 0.05) is 97.9 Å². The summed E-state index contributed by atoms with van der Waals surface area (Å²) in [6.07, 6.45) is -0.276. The van der Waals surface area contributed by atoms with Crippen LogP contribution in [0, 0.1) is 23.2 Å². The predicted molar refractivity (Wildman–Crippen MR) is 238 cm³/mol. The Morgan fingerprint density at radius 3 is 1.63 bits per heavy atom. The number of carboxylic acids is 1. The molecule has 4 aromatic rings. The minimum Gasteiger partial charge on any atom is -0.662 e. The Morgan fingerprint density at radius 1 is 0.831 bits per heavy atom. The average molecular weight is 1060 g/mol. The standard InChI is InChI=1S/C20H22ClNO2.C12H17NO.C8H6BrClO.C2HF3O2.C2H3N.CH2O3.2K/c21-18-10-8-17(9-11-18)20(23)14-22-12-4-5-16(13-22)15-24-19-6-2-1-3-7-19;1-2-6-12(7-3-1)14-10-11-5-4-8-13-9-11;9-5-8(11)6-1-3-7(10)4-2-6;3-2(4,5)1(6)7;1-2-3;2-1-4-3;;/h1-3,6-11,16H,4-5,12-15H2;1-3,6-7,11,13H,4-5,8-10H2;1-4H,5H2;(H,6,7);1H3;1,3H;;/q;;;;;;;+1/p-1. The second-order valence-corrected chi connectivity index (χ2v) is 14.9. The molecule has 1 radical (unpaired) electrons. The molecule has 2 atom stereocenters. The number of nitrogens with two attached hydrogens (primary N) is 1. The molecule has 12 nitrogen and oxygen atoms in total. The molecule has 2 aliphatic rings. The summed E-state index contributed by atoms with van der Waals surface area (Å²) in [4.78, 5) is 45.7. The summed E-state index contributed by atoms with van der Waals surface area (Å²) in [5.74, 6) is 0.330. The molecule has 2 saturated heterocycles. The third kappa shape index (κ3) is 32.6. The minimum atomic E-state index is -5.19. The zero-order valence-electron chi connectivity index (χ0n) is 36.5. The van der Waals surface area contributed by atoms with Crippen LogP contribution in [-0.2, 0) is 14.5 Å². The fourth-order valence-corrected chi connectivity index (χ4v) is 6.28. The van der Waals surface area contributed by atoms with Gasteiger partial charge in [-0.3, -0.25) is 19.3 Å². The topological polar surface area (TPSA) is 186 Å². The Morgan fingerprint density at radius 2 is 1.25 bits per heavy atom. The first-order valence-corrected chi connectivity index (χ1v) is 21.4. The molecule has 0 aliphatic carbocycles. The number of quaternary nitrogens is 1. The molecule has 2 fully saturated rings. The second-order valence-electron chi connectivity index (χ2n) is 13.5. The number of ether oxygens (including phenoxy) is 2. The number of ketones is 2. The number of carboxylic acid groups (broad SMARTS) is 1. The maximum absolute atomic E-state index is 12.4. The summed E-state index contributed by atoms with van der Waals surface area (Å²) < 4.78 is 43.1. The van der Waals surface area contributed by atoms with Crippen molar-refractivity contribution in [3.05, 3.63) is 130 Å². The molecule has 0 spiro atoms. The van der Waals surface area contributed by atoms with E-state index in [2.05, 4.69) is 31.0 Å². The van der Waals surface area contributed by atoms with E-state index in [0.29, 0.717) is 40.0 Å². The molecule has 4 aromatic carbocycles. The quantitative estimate of drug-likeness (QED) is 0.0549. The summed E-state index contributed by atoms with van der Waals surface area (Å²) in [5, 5.41) is 28.6. The van der Waals surface area contributed by atoms with Crippen LogP contribution in [0.1, 0.15) is 53.3 Å². The number of Topliss-reactive ketones (excluding diaryl/α,β-unsaturated/α-hetero) is 2. The summed E-state index contributed by atoms with van der Waals surface area (Å²) >= 11 is 14.6. The van der Waals surface area contributed by atoms with Gasteiger partial charge in [-0.2, -0.15) is 18.4 Å². The number of carbonyl (C=O) groups is 4. The van der Waals surface area contributed by atoms with Crippen molar-refractivity contribution >= 4 is 115 Å². The number of nitriles is 1. The van der Waals surface area contributed by atoms with E-state index in [0.717, 1.165) is 55.5 Å². The van der Waals surface area contributed by atoms with Crippen LogP contribution in [-0.4, -0.2) is 138 Å². The Hall–Kier alpha value is -1.75. The zero-order chi connectivity index (χ0) is 46.9. The fourth-order valence-electron chi connectivity index (χ4n) is 5.71. The van der Waals surface area contributed by atoms with Gasteiger partial charge in [0.05, 0.1) is 44.2 Å². The Labute approximate surface area is 481 Å². The molecule has 0 aromatic heterocycles. The first-order chi connectivity index (χ1) is 30.2. The van der Waals surface area contributed by atoms with Crippen LogP contribution in [0.15, 0.2) is 109 Å². The normalized spacial score (nSPS) is 14.8. The number of nitrogens with zero attached hydrogens (tertiary/aromatic N) is 2. The molecule has 0 saturated carbocycles. The van der Waals surface area contributed by atoms with Crippen LogP contribution in [0.5, 0.6) is 11.5 Å². The summed E-state index contributed by atoms with van der Waals surface area (Å²) in [6, 6.07) is 35.7. The Balaban J connectivity index is 0. The minimum absolute atomic E-state index is 0. The number of aliphatic carboxylic acids is 1. The van der Waals surface area contributed by atoms with Crippen molar-refractivity contribution in [2.24, 2.45) is 11.8 Å². The van der Waals surface area contributed by atoms with Crippen molar-refractivity contribution in [1.82, 2.24) is 4.90 Å². The van der Waals surface area contributed by atoms with E-state index >= 15 is 0 Å². The van der Waals surface area contributed by atoms with Gasteiger partial charge < -0.3 is 34.8 Å². The van der Waals surface area contributed by atoms with Gasteiger partial charge in [-0.1, -0.05) is 75.5 Å². The number of carbonyl (C=O) groups excluding carboxylic acids is 4. The van der Waals surface area contributed by atoms with E-state index in [-0.39, 0.29) is 121 Å². The maximum Gasteiger partial charge on any atom is 1.00 e. The van der Waals surface area contributed by atoms with Gasteiger partial charge in [-0.15, -0.1) is 0 Å². The Bertz CT molecular complexity index is 1920. The van der Waals surface area contributed by atoms with Gasteiger partial charge in [0.25, 0.3) is 6.47 Å². The third-order valence-electron chi connectivity index (χ3n) is 8.67. The van der Waals surface area contributed by atoms with E-state index in [9.17, 15) is 22.8 Å². The SMILES string of the molecule is CC#N.O=C(CBr)c1ccc(Cl)cc1.O=C(CN1CCCC(COc2ccccc2)C1)c1ccc(Cl)cc1.O=C([O-])C(F)(F)F.O=CO[O-].[K+].[K].c1ccc(OCC2CCC[NH2+]C2)cc1. The molecule has 2 heterocycles. The van der Waals surface area contributed by atoms with Crippen molar-refractivity contribution in [3.8, 4) is 17.6 Å². The summed E-state index contributed by atoms with van der Waals surface area (Å²) in [6.45, 7) is 7.70. The number of para-hydroxylation sites is 2. The number of hydrogen-bond acceptors (Lipinski definition) is 11.